The normalized spacial score (nSPS) is 15.5. The lowest BCUT2D eigenvalue weighted by atomic mass is 10.1. The molecule has 2 N–H and O–H groups in total. The highest BCUT2D eigenvalue weighted by Crippen LogP contribution is 2.22. The number of aryl methyl sites for hydroxylation is 2. The summed E-state index contributed by atoms with van der Waals surface area (Å²) >= 11 is 1.41. The van der Waals surface area contributed by atoms with Gasteiger partial charge in [0.05, 0.1) is 26.2 Å². The van der Waals surface area contributed by atoms with Gasteiger partial charge in [0.1, 0.15) is 5.01 Å². The van der Waals surface area contributed by atoms with E-state index in [0.29, 0.717) is 11.7 Å². The van der Waals surface area contributed by atoms with E-state index < -0.39 is 0 Å². The minimum atomic E-state index is 0.0151. The van der Waals surface area contributed by atoms with Crippen molar-refractivity contribution in [2.75, 3.05) is 42.9 Å². The number of rotatable bonds is 4. The summed E-state index contributed by atoms with van der Waals surface area (Å²) in [6.45, 7) is 10.6. The van der Waals surface area contributed by atoms with Crippen molar-refractivity contribution in [2.45, 2.75) is 20.8 Å². The van der Waals surface area contributed by atoms with Gasteiger partial charge in [0.15, 0.2) is 6.54 Å². The maximum atomic E-state index is 12.1. The quantitative estimate of drug-likeness (QED) is 0.860. The molecule has 0 spiro atoms. The Morgan fingerprint density at radius 2 is 2.00 bits per heavy atom. The fourth-order valence-electron chi connectivity index (χ4n) is 3.06. The third-order valence-electron chi connectivity index (χ3n) is 4.57. The lowest BCUT2D eigenvalue weighted by molar-refractivity contribution is -0.892. The van der Waals surface area contributed by atoms with Gasteiger partial charge in [-0.15, -0.1) is 10.2 Å². The smallest absolute Gasteiger partial charge is 0.281 e. The van der Waals surface area contributed by atoms with Crippen molar-refractivity contribution in [1.29, 1.82) is 0 Å². The van der Waals surface area contributed by atoms with Crippen LogP contribution in [0.4, 0.5) is 10.8 Å². The van der Waals surface area contributed by atoms with Gasteiger partial charge in [-0.1, -0.05) is 23.5 Å². The molecule has 6 nitrogen and oxygen atoms in total. The van der Waals surface area contributed by atoms with E-state index in [1.807, 2.05) is 6.92 Å². The van der Waals surface area contributed by atoms with Crippen LogP contribution >= 0.6 is 11.3 Å². The van der Waals surface area contributed by atoms with E-state index in [4.69, 9.17) is 0 Å². The van der Waals surface area contributed by atoms with Crippen molar-refractivity contribution in [3.8, 4) is 0 Å². The summed E-state index contributed by atoms with van der Waals surface area (Å²) in [6, 6.07) is 6.46. The van der Waals surface area contributed by atoms with E-state index >= 15 is 0 Å². The molecule has 2 heterocycles. The number of piperazine rings is 1. The first kappa shape index (κ1) is 16.9. The van der Waals surface area contributed by atoms with E-state index in [0.717, 1.165) is 31.2 Å². The number of benzene rings is 1. The number of amides is 1. The van der Waals surface area contributed by atoms with Crippen LogP contribution in [0.1, 0.15) is 16.1 Å². The molecule has 0 radical (unpaired) electrons. The number of carbonyl (C=O) groups is 1. The average Bonchev–Trinajstić information content (AvgIpc) is 2.96. The van der Waals surface area contributed by atoms with Crippen LogP contribution in [-0.2, 0) is 4.79 Å². The van der Waals surface area contributed by atoms with Crippen molar-refractivity contribution >= 4 is 28.1 Å². The Morgan fingerprint density at radius 1 is 1.25 bits per heavy atom. The molecule has 1 fully saturated rings. The fourth-order valence-corrected chi connectivity index (χ4v) is 3.66. The molecule has 1 aromatic heterocycles. The van der Waals surface area contributed by atoms with Crippen LogP contribution in [0, 0.1) is 20.8 Å². The first-order valence-corrected chi connectivity index (χ1v) is 9.09. The van der Waals surface area contributed by atoms with Gasteiger partial charge in [-0.25, -0.2) is 0 Å². The Labute approximate surface area is 146 Å². The Morgan fingerprint density at radius 3 is 2.67 bits per heavy atom. The number of anilines is 2. The third-order valence-corrected chi connectivity index (χ3v) is 5.32. The topological polar surface area (TPSA) is 62.6 Å². The zero-order valence-electron chi connectivity index (χ0n) is 14.4. The lowest BCUT2D eigenvalue weighted by Crippen LogP contribution is -3.15. The molecule has 2 aromatic rings. The highest BCUT2D eigenvalue weighted by atomic mass is 32.1. The Kier molecular flexibility index (Phi) is 5.11. The monoisotopic (exact) mass is 346 g/mol. The standard InChI is InChI=1S/C17H23N5OS/c1-12-5-4-6-15(13(12)2)22-9-7-21(8-10-22)11-16(23)18-17-20-19-14(3)24-17/h4-6H,7-11H2,1-3H3,(H,18,20,23)/p+1. The van der Waals surface area contributed by atoms with Crippen molar-refractivity contribution in [2.24, 2.45) is 0 Å². The number of aromatic nitrogens is 2. The SMILES string of the molecule is Cc1nnc(NC(=O)C[NH+]2CCN(c3cccc(C)c3C)CC2)s1. The van der Waals surface area contributed by atoms with Crippen molar-refractivity contribution in [3.05, 3.63) is 34.3 Å². The molecule has 0 saturated carbocycles. The number of quaternary nitrogens is 1. The minimum absolute atomic E-state index is 0.0151. The predicted octanol–water partition coefficient (Wildman–Crippen LogP) is 0.807. The maximum absolute atomic E-state index is 12.1. The van der Waals surface area contributed by atoms with Crippen molar-refractivity contribution in [1.82, 2.24) is 10.2 Å². The molecule has 7 heteroatoms. The fraction of sp³-hybridized carbons (Fsp3) is 0.471. The number of hydrogen-bond acceptors (Lipinski definition) is 5. The summed E-state index contributed by atoms with van der Waals surface area (Å²) in [5.41, 5.74) is 4.00. The van der Waals surface area contributed by atoms with Gasteiger partial charge < -0.3 is 9.80 Å². The molecule has 128 valence electrons. The molecule has 1 amide bonds. The van der Waals surface area contributed by atoms with Crippen LogP contribution in [0.5, 0.6) is 0 Å². The molecule has 1 aromatic carbocycles. The van der Waals surface area contributed by atoms with Crippen LogP contribution in [0.2, 0.25) is 0 Å². The summed E-state index contributed by atoms with van der Waals surface area (Å²) in [7, 11) is 0. The zero-order chi connectivity index (χ0) is 17.1. The molecule has 1 aliphatic rings. The van der Waals surface area contributed by atoms with Crippen molar-refractivity contribution < 1.29 is 9.69 Å². The molecule has 0 bridgehead atoms. The van der Waals surface area contributed by atoms with Crippen LogP contribution < -0.4 is 15.1 Å². The Hall–Kier alpha value is -1.99. The second-order valence-corrected chi connectivity index (χ2v) is 7.49. The van der Waals surface area contributed by atoms with Gasteiger partial charge in [-0.3, -0.25) is 10.1 Å². The van der Waals surface area contributed by atoms with E-state index in [1.54, 1.807) is 0 Å². The van der Waals surface area contributed by atoms with Gasteiger partial charge in [-0.05, 0) is 38.0 Å². The summed E-state index contributed by atoms with van der Waals surface area (Å²) in [5.74, 6) is 0.0151. The first-order chi connectivity index (χ1) is 11.5. The molecule has 24 heavy (non-hydrogen) atoms. The number of nitrogens with zero attached hydrogens (tertiary/aromatic N) is 3. The molecule has 0 aliphatic carbocycles. The number of carbonyl (C=O) groups excluding carboxylic acids is 1. The lowest BCUT2D eigenvalue weighted by Gasteiger charge is -2.34. The summed E-state index contributed by atoms with van der Waals surface area (Å²) < 4.78 is 0. The second kappa shape index (κ2) is 7.27. The van der Waals surface area contributed by atoms with E-state index in [2.05, 4.69) is 52.5 Å². The Balaban J connectivity index is 1.51. The van der Waals surface area contributed by atoms with Gasteiger partial charge in [0, 0.05) is 5.69 Å². The molecule has 1 saturated heterocycles. The van der Waals surface area contributed by atoms with E-state index in [-0.39, 0.29) is 5.91 Å². The van der Waals surface area contributed by atoms with Crippen LogP contribution in [-0.4, -0.2) is 48.8 Å². The summed E-state index contributed by atoms with van der Waals surface area (Å²) in [5, 5.41) is 12.1. The van der Waals surface area contributed by atoms with E-state index in [9.17, 15) is 4.79 Å². The highest BCUT2D eigenvalue weighted by molar-refractivity contribution is 7.15. The summed E-state index contributed by atoms with van der Waals surface area (Å²) in [6.07, 6.45) is 0. The third kappa shape index (κ3) is 3.91. The van der Waals surface area contributed by atoms with Gasteiger partial charge in [-0.2, -0.15) is 0 Å². The maximum Gasteiger partial charge on any atom is 0.281 e. The molecule has 3 rings (SSSR count). The number of hydrogen-bond donors (Lipinski definition) is 2. The largest absolute Gasteiger partial charge is 0.360 e. The van der Waals surface area contributed by atoms with Gasteiger partial charge >= 0.3 is 0 Å². The summed E-state index contributed by atoms with van der Waals surface area (Å²) in [4.78, 5) is 15.9. The number of nitrogens with one attached hydrogen (secondary N) is 2. The van der Waals surface area contributed by atoms with Crippen molar-refractivity contribution in [3.63, 3.8) is 0 Å². The molecular weight excluding hydrogens is 322 g/mol. The van der Waals surface area contributed by atoms with Crippen LogP contribution in [0.15, 0.2) is 18.2 Å². The average molecular weight is 346 g/mol. The van der Waals surface area contributed by atoms with Crippen LogP contribution in [0.3, 0.4) is 0 Å². The van der Waals surface area contributed by atoms with Gasteiger partial charge in [0.25, 0.3) is 5.91 Å². The second-order valence-electron chi connectivity index (χ2n) is 6.31. The molecular formula is C17H24N5OS+. The molecule has 1 aliphatic heterocycles. The molecule has 0 atom stereocenters. The zero-order valence-corrected chi connectivity index (χ0v) is 15.2. The minimum Gasteiger partial charge on any atom is -0.360 e. The van der Waals surface area contributed by atoms with Crippen LogP contribution in [0.25, 0.3) is 0 Å². The Bertz CT molecular complexity index is 722. The highest BCUT2D eigenvalue weighted by Gasteiger charge is 2.23. The van der Waals surface area contributed by atoms with Gasteiger partial charge in [0.2, 0.25) is 5.13 Å². The predicted molar refractivity (Wildman–Crippen MR) is 97.0 cm³/mol. The first-order valence-electron chi connectivity index (χ1n) is 8.27. The van der Waals surface area contributed by atoms with E-state index in [1.165, 1.54) is 33.1 Å². The molecule has 0 unspecified atom stereocenters.